The third kappa shape index (κ3) is 4.57. The number of pyridine rings is 1. The molecule has 0 aliphatic carbocycles. The number of halogens is 1. The second-order valence-electron chi connectivity index (χ2n) is 4.88. The Morgan fingerprint density at radius 2 is 1.88 bits per heavy atom. The van der Waals surface area contributed by atoms with E-state index >= 15 is 0 Å². The summed E-state index contributed by atoms with van der Waals surface area (Å²) in [4.78, 5) is 27.4. The molecule has 9 heteroatoms. The minimum Gasteiger partial charge on any atom is -0.465 e. The molecule has 2 rings (SSSR count). The molecule has 0 fully saturated rings. The average molecular weight is 334 g/mol. The van der Waals surface area contributed by atoms with Crippen molar-refractivity contribution in [2.45, 2.75) is 0 Å². The topological polar surface area (TPSA) is 104 Å². The third-order valence-electron chi connectivity index (χ3n) is 2.79. The number of carbonyl (C=O) groups is 2. The summed E-state index contributed by atoms with van der Waals surface area (Å²) in [6.45, 7) is 0. The molecule has 126 valence electrons. The number of aromatic nitrogens is 1. The van der Waals surface area contributed by atoms with Crippen LogP contribution in [0.15, 0.2) is 36.5 Å². The van der Waals surface area contributed by atoms with Gasteiger partial charge in [0.05, 0.1) is 5.69 Å². The molecule has 8 nitrogen and oxygen atoms in total. The number of rotatable bonds is 4. The molecule has 0 saturated carbocycles. The number of amides is 3. The molecule has 24 heavy (non-hydrogen) atoms. The van der Waals surface area contributed by atoms with Crippen LogP contribution in [0.1, 0.15) is 0 Å². The first-order valence-electron chi connectivity index (χ1n) is 6.77. The zero-order chi connectivity index (χ0) is 17.7. The van der Waals surface area contributed by atoms with Crippen molar-refractivity contribution in [1.29, 1.82) is 0 Å². The Hall–Kier alpha value is -3.36. The lowest BCUT2D eigenvalue weighted by Crippen LogP contribution is -2.27. The standard InChI is InChI=1S/C15H15FN4O4/c1-20(2)14(21)19-13-8-10(5-6-17-13)24-9-3-4-12(11(16)7-9)18-15(22)23/h3-8,18H,1-2H3,(H,22,23)(H,17,19,21). The van der Waals surface area contributed by atoms with Crippen LogP contribution in [0.5, 0.6) is 11.5 Å². The lowest BCUT2D eigenvalue weighted by molar-refractivity contribution is 0.209. The maximum atomic E-state index is 13.8. The molecule has 0 spiro atoms. The normalized spacial score (nSPS) is 9.96. The molecule has 0 atom stereocenters. The van der Waals surface area contributed by atoms with Gasteiger partial charge in [0.25, 0.3) is 0 Å². The first-order valence-corrected chi connectivity index (χ1v) is 6.77. The minimum atomic E-state index is -1.36. The van der Waals surface area contributed by atoms with E-state index in [1.54, 1.807) is 14.1 Å². The number of urea groups is 1. The van der Waals surface area contributed by atoms with Crippen LogP contribution >= 0.6 is 0 Å². The fraction of sp³-hybridized carbons (Fsp3) is 0.133. The SMILES string of the molecule is CN(C)C(=O)Nc1cc(Oc2ccc(NC(=O)O)c(F)c2)ccn1. The number of hydrogen-bond acceptors (Lipinski definition) is 4. The molecule has 0 unspecified atom stereocenters. The summed E-state index contributed by atoms with van der Waals surface area (Å²) >= 11 is 0. The van der Waals surface area contributed by atoms with Gasteiger partial charge in [-0.05, 0) is 18.2 Å². The van der Waals surface area contributed by atoms with Crippen molar-refractivity contribution in [3.8, 4) is 11.5 Å². The predicted molar refractivity (Wildman–Crippen MR) is 85.1 cm³/mol. The van der Waals surface area contributed by atoms with E-state index in [4.69, 9.17) is 9.84 Å². The second kappa shape index (κ2) is 7.27. The van der Waals surface area contributed by atoms with E-state index in [0.29, 0.717) is 5.75 Å². The monoisotopic (exact) mass is 334 g/mol. The Labute approximate surface area is 136 Å². The third-order valence-corrected chi connectivity index (χ3v) is 2.79. The van der Waals surface area contributed by atoms with Gasteiger partial charge in [0, 0.05) is 32.4 Å². The van der Waals surface area contributed by atoms with Crippen molar-refractivity contribution < 1.29 is 23.8 Å². The summed E-state index contributed by atoms with van der Waals surface area (Å²) in [5, 5.41) is 13.1. The minimum absolute atomic E-state index is 0.166. The maximum absolute atomic E-state index is 13.8. The van der Waals surface area contributed by atoms with Gasteiger partial charge in [-0.25, -0.2) is 19.0 Å². The maximum Gasteiger partial charge on any atom is 0.409 e. The molecule has 0 saturated heterocycles. The fourth-order valence-corrected chi connectivity index (χ4v) is 1.68. The Balaban J connectivity index is 2.12. The molecule has 0 radical (unpaired) electrons. The zero-order valence-electron chi connectivity index (χ0n) is 12.9. The van der Waals surface area contributed by atoms with E-state index in [9.17, 15) is 14.0 Å². The number of hydrogen-bond donors (Lipinski definition) is 3. The van der Waals surface area contributed by atoms with Gasteiger partial charge in [0.2, 0.25) is 0 Å². The van der Waals surface area contributed by atoms with E-state index in [1.807, 2.05) is 5.32 Å². The van der Waals surface area contributed by atoms with Crippen LogP contribution in [-0.4, -0.2) is 41.2 Å². The van der Waals surface area contributed by atoms with E-state index in [2.05, 4.69) is 10.3 Å². The van der Waals surface area contributed by atoms with Gasteiger partial charge in [-0.15, -0.1) is 0 Å². The summed E-state index contributed by atoms with van der Waals surface area (Å²) in [6, 6.07) is 6.36. The Bertz CT molecular complexity index is 767. The first-order chi connectivity index (χ1) is 11.3. The molecular formula is C15H15FN4O4. The van der Waals surface area contributed by atoms with Crippen molar-refractivity contribution >= 4 is 23.6 Å². The number of nitrogens with zero attached hydrogens (tertiary/aromatic N) is 2. The van der Waals surface area contributed by atoms with Gasteiger partial charge < -0.3 is 14.7 Å². The number of anilines is 2. The van der Waals surface area contributed by atoms with E-state index in [-0.39, 0.29) is 23.3 Å². The van der Waals surface area contributed by atoms with Gasteiger partial charge in [0.15, 0.2) is 5.82 Å². The summed E-state index contributed by atoms with van der Waals surface area (Å²) in [5.41, 5.74) is -0.177. The van der Waals surface area contributed by atoms with Crippen molar-refractivity contribution in [3.63, 3.8) is 0 Å². The molecular weight excluding hydrogens is 319 g/mol. The van der Waals surface area contributed by atoms with Crippen LogP contribution in [0, 0.1) is 5.82 Å². The van der Waals surface area contributed by atoms with Crippen molar-refractivity contribution in [2.75, 3.05) is 24.7 Å². The number of nitrogens with one attached hydrogen (secondary N) is 2. The van der Waals surface area contributed by atoms with E-state index in [1.165, 1.54) is 35.4 Å². The highest BCUT2D eigenvalue weighted by Gasteiger charge is 2.09. The van der Waals surface area contributed by atoms with Gasteiger partial charge >= 0.3 is 12.1 Å². The van der Waals surface area contributed by atoms with Gasteiger partial charge in [-0.1, -0.05) is 0 Å². The largest absolute Gasteiger partial charge is 0.465 e. The Kier molecular flexibility index (Phi) is 5.15. The molecule has 2 aromatic rings. The molecule has 0 aliphatic rings. The Morgan fingerprint density at radius 3 is 2.50 bits per heavy atom. The molecule has 3 amide bonds. The van der Waals surface area contributed by atoms with Crippen LogP contribution in [-0.2, 0) is 0 Å². The van der Waals surface area contributed by atoms with Gasteiger partial charge in [0.1, 0.15) is 17.3 Å². The molecule has 3 N–H and O–H groups in total. The number of ether oxygens (including phenoxy) is 1. The zero-order valence-corrected chi connectivity index (χ0v) is 12.9. The molecule has 1 heterocycles. The fourth-order valence-electron chi connectivity index (χ4n) is 1.68. The highest BCUT2D eigenvalue weighted by Crippen LogP contribution is 2.26. The van der Waals surface area contributed by atoms with Crippen molar-refractivity contribution in [1.82, 2.24) is 9.88 Å². The summed E-state index contributed by atoms with van der Waals surface area (Å²) in [6.07, 6.45) is 0.0649. The van der Waals surface area contributed by atoms with Crippen LogP contribution in [0.2, 0.25) is 0 Å². The van der Waals surface area contributed by atoms with Crippen molar-refractivity contribution in [3.05, 3.63) is 42.3 Å². The quantitative estimate of drug-likeness (QED) is 0.796. The highest BCUT2D eigenvalue weighted by molar-refractivity contribution is 5.88. The predicted octanol–water partition coefficient (Wildman–Crippen LogP) is 3.20. The van der Waals surface area contributed by atoms with Gasteiger partial charge in [-0.3, -0.25) is 10.6 Å². The summed E-state index contributed by atoms with van der Waals surface area (Å²) in [5.74, 6) is -0.00199. The van der Waals surface area contributed by atoms with Crippen LogP contribution in [0.4, 0.5) is 25.5 Å². The van der Waals surface area contributed by atoms with Crippen LogP contribution in [0.3, 0.4) is 0 Å². The second-order valence-corrected chi connectivity index (χ2v) is 4.88. The van der Waals surface area contributed by atoms with Crippen LogP contribution < -0.4 is 15.4 Å². The molecule has 0 aliphatic heterocycles. The van der Waals surface area contributed by atoms with E-state index in [0.717, 1.165) is 6.07 Å². The Morgan fingerprint density at radius 1 is 1.17 bits per heavy atom. The highest BCUT2D eigenvalue weighted by atomic mass is 19.1. The molecule has 1 aromatic carbocycles. The average Bonchev–Trinajstić information content (AvgIpc) is 2.50. The van der Waals surface area contributed by atoms with Crippen molar-refractivity contribution in [2.24, 2.45) is 0 Å². The lowest BCUT2D eigenvalue weighted by atomic mass is 10.3. The number of carbonyl (C=O) groups excluding carboxylic acids is 1. The summed E-state index contributed by atoms with van der Waals surface area (Å²) < 4.78 is 19.3. The van der Waals surface area contributed by atoms with Crippen LogP contribution in [0.25, 0.3) is 0 Å². The number of carboxylic acid groups (broad SMARTS) is 1. The van der Waals surface area contributed by atoms with E-state index < -0.39 is 11.9 Å². The molecule has 0 bridgehead atoms. The first kappa shape index (κ1) is 17.0. The summed E-state index contributed by atoms with van der Waals surface area (Å²) in [7, 11) is 3.18. The van der Waals surface area contributed by atoms with Gasteiger partial charge in [-0.2, -0.15) is 0 Å². The molecule has 1 aromatic heterocycles. The lowest BCUT2D eigenvalue weighted by Gasteiger charge is -2.12. The number of benzene rings is 1. The smallest absolute Gasteiger partial charge is 0.409 e.